The van der Waals surface area contributed by atoms with Gasteiger partial charge < -0.3 is 24.8 Å². The lowest BCUT2D eigenvalue weighted by Gasteiger charge is -2.24. The molecule has 148 valence electrons. The van der Waals surface area contributed by atoms with E-state index in [1.807, 2.05) is 19.2 Å². The smallest absolute Gasteiger partial charge is 0.315 e. The molecule has 8 nitrogen and oxygen atoms in total. The van der Waals surface area contributed by atoms with E-state index in [9.17, 15) is 14.7 Å². The lowest BCUT2D eigenvalue weighted by molar-refractivity contribution is -0.146. The van der Waals surface area contributed by atoms with Crippen molar-refractivity contribution in [1.29, 1.82) is 0 Å². The molecule has 0 spiro atoms. The minimum Gasteiger partial charge on any atom is -0.493 e. The minimum atomic E-state index is -1.11. The molecule has 0 radical (unpaired) electrons. The first-order valence-corrected chi connectivity index (χ1v) is 9.39. The number of benzene rings is 1. The maximum Gasteiger partial charge on any atom is 0.315 e. The number of aliphatic carboxylic acids is 1. The molecule has 0 bridgehead atoms. The fourth-order valence-electron chi connectivity index (χ4n) is 4.01. The summed E-state index contributed by atoms with van der Waals surface area (Å²) < 4.78 is 7.98. The topological polar surface area (TPSA) is 113 Å². The Hall–Kier alpha value is -2.71. The van der Waals surface area contributed by atoms with E-state index in [1.54, 1.807) is 0 Å². The van der Waals surface area contributed by atoms with Gasteiger partial charge in [-0.1, -0.05) is 0 Å². The van der Waals surface area contributed by atoms with Crippen LogP contribution < -0.4 is 10.1 Å². The zero-order valence-electron chi connectivity index (χ0n) is 15.6. The van der Waals surface area contributed by atoms with Crippen LogP contribution in [0.2, 0.25) is 0 Å². The van der Waals surface area contributed by atoms with Gasteiger partial charge in [-0.05, 0) is 18.6 Å². The Morgan fingerprint density at radius 2 is 2.21 bits per heavy atom. The monoisotopic (exact) mass is 385 g/mol. The molecule has 3 heterocycles. The van der Waals surface area contributed by atoms with E-state index in [0.29, 0.717) is 37.6 Å². The molecule has 28 heavy (non-hydrogen) atoms. The van der Waals surface area contributed by atoms with Gasteiger partial charge in [0.1, 0.15) is 11.7 Å². The highest BCUT2D eigenvalue weighted by Gasteiger charge is 2.40. The van der Waals surface area contributed by atoms with Crippen LogP contribution in [0.25, 0.3) is 10.9 Å². The van der Waals surface area contributed by atoms with Crippen molar-refractivity contribution in [2.75, 3.05) is 26.3 Å². The number of carboxylic acid groups (broad SMARTS) is 1. The van der Waals surface area contributed by atoms with Gasteiger partial charge in [0.2, 0.25) is 0 Å². The van der Waals surface area contributed by atoms with Crippen molar-refractivity contribution >= 4 is 28.4 Å². The summed E-state index contributed by atoms with van der Waals surface area (Å²) in [7, 11) is 1.98. The Bertz CT molecular complexity index is 978. The van der Waals surface area contributed by atoms with Gasteiger partial charge in [0.15, 0.2) is 5.78 Å². The lowest BCUT2D eigenvalue weighted by atomic mass is 9.82. The summed E-state index contributed by atoms with van der Waals surface area (Å²) in [6.07, 6.45) is 0.433. The van der Waals surface area contributed by atoms with Crippen molar-refractivity contribution in [1.82, 2.24) is 9.88 Å². The Morgan fingerprint density at radius 3 is 2.96 bits per heavy atom. The zero-order valence-corrected chi connectivity index (χ0v) is 15.6. The van der Waals surface area contributed by atoms with Crippen molar-refractivity contribution in [2.24, 2.45) is 23.9 Å². The van der Waals surface area contributed by atoms with E-state index in [-0.39, 0.29) is 18.9 Å². The SMILES string of the molecule is Cn1c(CNCCO)cc2cc3c(cc21)OCCC1C(=O)C(C(=O)O)CN=C31. The first-order valence-electron chi connectivity index (χ1n) is 9.39. The van der Waals surface area contributed by atoms with Crippen LogP contribution in [0.3, 0.4) is 0 Å². The Balaban J connectivity index is 1.76. The molecule has 4 rings (SSSR count). The quantitative estimate of drug-likeness (QED) is 0.517. The third-order valence-electron chi connectivity index (χ3n) is 5.54. The normalized spacial score (nSPS) is 21.5. The van der Waals surface area contributed by atoms with Crippen molar-refractivity contribution in [3.8, 4) is 5.75 Å². The number of rotatable bonds is 5. The number of carbonyl (C=O) groups is 2. The zero-order chi connectivity index (χ0) is 19.8. The summed E-state index contributed by atoms with van der Waals surface area (Å²) in [6, 6.07) is 6.00. The van der Waals surface area contributed by atoms with Gasteiger partial charge in [0, 0.05) is 42.8 Å². The fourth-order valence-corrected chi connectivity index (χ4v) is 4.01. The third kappa shape index (κ3) is 3.08. The molecule has 1 aromatic heterocycles. The molecular formula is C20H23N3O5. The highest BCUT2D eigenvalue weighted by molar-refractivity contribution is 6.20. The van der Waals surface area contributed by atoms with Gasteiger partial charge in [-0.25, -0.2) is 0 Å². The maximum atomic E-state index is 12.7. The number of ether oxygens (including phenoxy) is 1. The number of nitrogens with zero attached hydrogens (tertiary/aromatic N) is 2. The Labute approximate surface area is 161 Å². The van der Waals surface area contributed by atoms with Crippen LogP contribution in [0.15, 0.2) is 23.2 Å². The second kappa shape index (κ2) is 7.37. The Kier molecular flexibility index (Phi) is 4.91. The number of hydrogen-bond donors (Lipinski definition) is 3. The van der Waals surface area contributed by atoms with Crippen molar-refractivity contribution in [3.63, 3.8) is 0 Å². The lowest BCUT2D eigenvalue weighted by Crippen LogP contribution is -2.40. The largest absolute Gasteiger partial charge is 0.493 e. The standard InChI is InChI=1S/C20H23N3O5/c1-23-12(9-21-3-4-24)6-11-7-14-17(8-16(11)23)28-5-2-13-18(14)22-10-15(19(13)25)20(26)27/h6-8,13,15,21,24H,2-5,9-10H2,1H3,(H,26,27). The van der Waals surface area contributed by atoms with Crippen LogP contribution in [0, 0.1) is 11.8 Å². The molecule has 2 aliphatic rings. The number of aryl methyl sites for hydroxylation is 1. The third-order valence-corrected chi connectivity index (χ3v) is 5.54. The summed E-state index contributed by atoms with van der Waals surface area (Å²) in [6.45, 7) is 1.54. The molecule has 0 saturated carbocycles. The summed E-state index contributed by atoms with van der Waals surface area (Å²) in [5, 5.41) is 22.4. The van der Waals surface area contributed by atoms with Crippen LogP contribution >= 0.6 is 0 Å². The number of aliphatic hydroxyl groups excluding tert-OH is 1. The molecule has 0 fully saturated rings. The number of Topliss-reactive ketones (excluding diaryl/α,β-unsaturated/α-hetero) is 1. The number of aromatic nitrogens is 1. The van der Waals surface area contributed by atoms with Gasteiger partial charge in [-0.15, -0.1) is 0 Å². The van der Waals surface area contributed by atoms with Gasteiger partial charge in [0.25, 0.3) is 0 Å². The maximum absolute atomic E-state index is 12.7. The summed E-state index contributed by atoms with van der Waals surface area (Å²) in [4.78, 5) is 28.5. The molecule has 2 unspecified atom stereocenters. The van der Waals surface area contributed by atoms with Crippen LogP contribution in [-0.2, 0) is 23.2 Å². The summed E-state index contributed by atoms with van der Waals surface area (Å²) >= 11 is 0. The Morgan fingerprint density at radius 1 is 1.39 bits per heavy atom. The molecule has 0 amide bonds. The molecule has 8 heteroatoms. The molecule has 3 N–H and O–H groups in total. The van der Waals surface area contributed by atoms with E-state index in [0.717, 1.165) is 22.2 Å². The van der Waals surface area contributed by atoms with E-state index < -0.39 is 17.8 Å². The average Bonchev–Trinajstić information content (AvgIpc) is 2.85. The van der Waals surface area contributed by atoms with Crippen molar-refractivity contribution < 1.29 is 24.5 Å². The van der Waals surface area contributed by atoms with Gasteiger partial charge >= 0.3 is 5.97 Å². The van der Waals surface area contributed by atoms with Gasteiger partial charge in [0.05, 0.1) is 36.9 Å². The summed E-state index contributed by atoms with van der Waals surface area (Å²) in [5.41, 5.74) is 3.48. The molecule has 2 aliphatic heterocycles. The molecule has 0 saturated heterocycles. The fraction of sp³-hybridized carbons (Fsp3) is 0.450. The second-order valence-corrected chi connectivity index (χ2v) is 7.21. The van der Waals surface area contributed by atoms with Crippen LogP contribution in [-0.4, -0.2) is 58.5 Å². The minimum absolute atomic E-state index is 0.0252. The predicted octanol–water partition coefficient (Wildman–Crippen LogP) is 0.731. The number of carbonyl (C=O) groups excluding carboxylic acids is 1. The molecule has 0 aliphatic carbocycles. The molecule has 2 aromatic rings. The number of nitrogens with one attached hydrogen (secondary N) is 1. The van der Waals surface area contributed by atoms with E-state index in [1.165, 1.54) is 0 Å². The van der Waals surface area contributed by atoms with Crippen molar-refractivity contribution in [2.45, 2.75) is 13.0 Å². The van der Waals surface area contributed by atoms with Crippen molar-refractivity contribution in [3.05, 3.63) is 29.5 Å². The van der Waals surface area contributed by atoms with Crippen LogP contribution in [0.5, 0.6) is 5.75 Å². The number of hydrogen-bond acceptors (Lipinski definition) is 6. The second-order valence-electron chi connectivity index (χ2n) is 7.21. The predicted molar refractivity (Wildman–Crippen MR) is 103 cm³/mol. The van der Waals surface area contributed by atoms with Crippen LogP contribution in [0.4, 0.5) is 0 Å². The first kappa shape index (κ1) is 18.6. The highest BCUT2D eigenvalue weighted by atomic mass is 16.5. The number of carboxylic acids is 1. The number of aliphatic hydroxyl groups is 1. The number of aliphatic imine (C=N–C) groups is 1. The molecule has 1 aromatic carbocycles. The average molecular weight is 385 g/mol. The van der Waals surface area contributed by atoms with Gasteiger partial charge in [-0.3, -0.25) is 14.6 Å². The number of fused-ring (bicyclic) bond motifs is 4. The van der Waals surface area contributed by atoms with E-state index >= 15 is 0 Å². The van der Waals surface area contributed by atoms with Gasteiger partial charge in [-0.2, -0.15) is 0 Å². The number of ketones is 1. The van der Waals surface area contributed by atoms with Crippen LogP contribution in [0.1, 0.15) is 17.7 Å². The first-order chi connectivity index (χ1) is 13.5. The summed E-state index contributed by atoms with van der Waals surface area (Å²) in [5.74, 6) is -2.33. The van der Waals surface area contributed by atoms with E-state index in [2.05, 4.69) is 20.9 Å². The molecular weight excluding hydrogens is 362 g/mol. The molecule has 2 atom stereocenters. The highest BCUT2D eigenvalue weighted by Crippen LogP contribution is 2.35. The van der Waals surface area contributed by atoms with E-state index in [4.69, 9.17) is 9.84 Å².